The van der Waals surface area contributed by atoms with E-state index in [1.54, 1.807) is 0 Å². The summed E-state index contributed by atoms with van der Waals surface area (Å²) >= 11 is 0. The van der Waals surface area contributed by atoms with Crippen LogP contribution in [0.1, 0.15) is 89.5 Å². The van der Waals surface area contributed by atoms with Crippen LogP contribution < -0.4 is 15.9 Å². The van der Waals surface area contributed by atoms with Crippen molar-refractivity contribution in [2.45, 2.75) is 91.1 Å². The highest BCUT2D eigenvalue weighted by molar-refractivity contribution is 5.64. The van der Waals surface area contributed by atoms with Gasteiger partial charge in [0, 0.05) is 37.3 Å². The fourth-order valence-electron chi connectivity index (χ4n) is 5.63. The Morgan fingerprint density at radius 2 is 2.00 bits per heavy atom. The molecule has 0 unspecified atom stereocenters. The summed E-state index contributed by atoms with van der Waals surface area (Å²) in [5.41, 5.74) is 6.77. The van der Waals surface area contributed by atoms with Crippen LogP contribution in [0.2, 0.25) is 0 Å². The summed E-state index contributed by atoms with van der Waals surface area (Å²) in [6, 6.07) is 2.41. The summed E-state index contributed by atoms with van der Waals surface area (Å²) in [4.78, 5) is 5.41. The number of rotatable bonds is 7. The van der Waals surface area contributed by atoms with E-state index in [1.807, 2.05) is 7.05 Å². The van der Waals surface area contributed by atoms with E-state index in [0.717, 1.165) is 44.4 Å². The molecular formula is C29H43N3O. The minimum atomic E-state index is -0.165. The standard InChI is InChI=1S/C29H43N3O/c1-7-11-23-24(20-32(6)26(23)19-30-5)25-18-21(12-16-28(3,4)8-2)22-13-17-33-29(27(22)31-25)14-9-10-15-29/h11,18-20,30H,7-10,12-17H2,1-6H3/b23-11-,26-19+. The zero-order valence-corrected chi connectivity index (χ0v) is 21.7. The van der Waals surface area contributed by atoms with Gasteiger partial charge in [0.2, 0.25) is 0 Å². The maximum atomic E-state index is 6.52. The summed E-state index contributed by atoms with van der Waals surface area (Å²) in [6.45, 7) is 10.1. The zero-order chi connectivity index (χ0) is 23.6. The Bertz CT molecular complexity index is 1100. The second-order valence-corrected chi connectivity index (χ2v) is 10.8. The van der Waals surface area contributed by atoms with Gasteiger partial charge >= 0.3 is 0 Å². The molecule has 2 aliphatic rings. The van der Waals surface area contributed by atoms with Crippen LogP contribution in [0.3, 0.4) is 0 Å². The Morgan fingerprint density at radius 1 is 1.24 bits per heavy atom. The van der Waals surface area contributed by atoms with Crippen LogP contribution in [0.25, 0.3) is 23.5 Å². The number of hydrogen-bond acceptors (Lipinski definition) is 3. The first-order chi connectivity index (χ1) is 15.8. The molecule has 0 saturated heterocycles. The molecule has 2 aromatic rings. The van der Waals surface area contributed by atoms with Crippen LogP contribution in [0.4, 0.5) is 0 Å². The van der Waals surface area contributed by atoms with Gasteiger partial charge in [0.15, 0.2) is 0 Å². The molecule has 2 aromatic heterocycles. The lowest BCUT2D eigenvalue weighted by Crippen LogP contribution is -2.35. The molecule has 1 spiro atoms. The van der Waals surface area contributed by atoms with Gasteiger partial charge in [0.25, 0.3) is 0 Å². The molecule has 1 fully saturated rings. The molecule has 4 heteroatoms. The summed E-state index contributed by atoms with van der Waals surface area (Å²) in [5, 5.41) is 5.71. The Balaban J connectivity index is 1.92. The number of aromatic nitrogens is 2. The predicted molar refractivity (Wildman–Crippen MR) is 138 cm³/mol. The zero-order valence-electron chi connectivity index (χ0n) is 21.7. The van der Waals surface area contributed by atoms with Crippen LogP contribution in [-0.4, -0.2) is 23.2 Å². The first-order valence-corrected chi connectivity index (χ1v) is 13.0. The maximum absolute atomic E-state index is 6.52. The number of nitrogens with zero attached hydrogens (tertiary/aromatic N) is 2. The van der Waals surface area contributed by atoms with Crippen molar-refractivity contribution in [2.24, 2.45) is 12.5 Å². The summed E-state index contributed by atoms with van der Waals surface area (Å²) in [5.74, 6) is 0. The van der Waals surface area contributed by atoms with Gasteiger partial charge < -0.3 is 14.6 Å². The highest BCUT2D eigenvalue weighted by atomic mass is 16.5. The van der Waals surface area contributed by atoms with Gasteiger partial charge in [0.1, 0.15) is 5.60 Å². The lowest BCUT2D eigenvalue weighted by Gasteiger charge is -2.36. The predicted octanol–water partition coefficient (Wildman–Crippen LogP) is 4.95. The van der Waals surface area contributed by atoms with Gasteiger partial charge in [-0.05, 0) is 61.1 Å². The second kappa shape index (κ2) is 9.66. The average Bonchev–Trinajstić information content (AvgIpc) is 3.39. The summed E-state index contributed by atoms with van der Waals surface area (Å²) in [7, 11) is 4.10. The Hall–Kier alpha value is -2.07. The minimum Gasteiger partial charge on any atom is -0.392 e. The third kappa shape index (κ3) is 4.64. The molecule has 1 N–H and O–H groups in total. The monoisotopic (exact) mass is 449 g/mol. The van der Waals surface area contributed by atoms with E-state index in [9.17, 15) is 0 Å². The number of hydrogen-bond donors (Lipinski definition) is 1. The number of nitrogens with one attached hydrogen (secondary N) is 1. The Labute approximate surface area is 200 Å². The summed E-state index contributed by atoms with van der Waals surface area (Å²) in [6.07, 6.45) is 16.9. The van der Waals surface area contributed by atoms with E-state index >= 15 is 0 Å². The highest BCUT2D eigenvalue weighted by Gasteiger charge is 2.43. The lowest BCUT2D eigenvalue weighted by atomic mass is 9.81. The van der Waals surface area contributed by atoms with Crippen LogP contribution in [0.15, 0.2) is 12.3 Å². The molecule has 0 amide bonds. The number of ether oxygens (including phenoxy) is 1. The van der Waals surface area contributed by atoms with Crippen molar-refractivity contribution < 1.29 is 4.74 Å². The minimum absolute atomic E-state index is 0.165. The van der Waals surface area contributed by atoms with Crippen molar-refractivity contribution in [1.29, 1.82) is 0 Å². The van der Waals surface area contributed by atoms with Crippen molar-refractivity contribution in [3.8, 4) is 11.3 Å². The van der Waals surface area contributed by atoms with Gasteiger partial charge in [-0.2, -0.15) is 0 Å². The average molecular weight is 450 g/mol. The van der Waals surface area contributed by atoms with Crippen LogP contribution in [0.5, 0.6) is 0 Å². The fourth-order valence-corrected chi connectivity index (χ4v) is 5.63. The molecule has 0 bridgehead atoms. The van der Waals surface area contributed by atoms with Crippen molar-refractivity contribution >= 4 is 12.3 Å². The molecular weight excluding hydrogens is 406 g/mol. The van der Waals surface area contributed by atoms with Crippen molar-refractivity contribution in [1.82, 2.24) is 14.9 Å². The molecule has 33 heavy (non-hydrogen) atoms. The SMILES string of the molecule is CC/C=c1/c(-c2cc(CCC(C)(C)CC)c3c(n2)C2(CCCC2)OCC3)cn(C)/c1=C/NC. The Morgan fingerprint density at radius 3 is 2.67 bits per heavy atom. The van der Waals surface area contributed by atoms with E-state index in [2.05, 4.69) is 69.2 Å². The largest absolute Gasteiger partial charge is 0.392 e. The van der Waals surface area contributed by atoms with E-state index in [0.29, 0.717) is 5.41 Å². The Kier molecular flexibility index (Phi) is 7.04. The molecule has 4 rings (SSSR count). The molecule has 0 atom stereocenters. The van der Waals surface area contributed by atoms with E-state index in [1.165, 1.54) is 58.6 Å². The lowest BCUT2D eigenvalue weighted by molar-refractivity contribution is -0.0589. The quantitative estimate of drug-likeness (QED) is 0.650. The maximum Gasteiger partial charge on any atom is 0.110 e. The molecule has 0 aromatic carbocycles. The van der Waals surface area contributed by atoms with Crippen LogP contribution in [-0.2, 0) is 30.2 Å². The third-order valence-corrected chi connectivity index (χ3v) is 8.05. The smallest absolute Gasteiger partial charge is 0.110 e. The first kappa shape index (κ1) is 24.1. The highest BCUT2D eigenvalue weighted by Crippen LogP contribution is 2.46. The van der Waals surface area contributed by atoms with E-state index < -0.39 is 0 Å². The van der Waals surface area contributed by atoms with Gasteiger partial charge in [-0.1, -0.05) is 53.0 Å². The van der Waals surface area contributed by atoms with Crippen molar-refractivity contribution in [3.63, 3.8) is 0 Å². The molecule has 1 saturated carbocycles. The first-order valence-electron chi connectivity index (χ1n) is 13.0. The summed E-state index contributed by atoms with van der Waals surface area (Å²) < 4.78 is 8.74. The van der Waals surface area contributed by atoms with Crippen LogP contribution >= 0.6 is 0 Å². The number of pyridine rings is 1. The second-order valence-electron chi connectivity index (χ2n) is 10.8. The van der Waals surface area contributed by atoms with Crippen LogP contribution in [0, 0.1) is 5.41 Å². The van der Waals surface area contributed by atoms with Crippen molar-refractivity contribution in [3.05, 3.63) is 39.7 Å². The van der Waals surface area contributed by atoms with E-state index in [4.69, 9.17) is 9.72 Å². The molecule has 3 heterocycles. The topological polar surface area (TPSA) is 39.1 Å². The van der Waals surface area contributed by atoms with E-state index in [-0.39, 0.29) is 5.60 Å². The molecule has 180 valence electrons. The number of aryl methyl sites for hydroxylation is 2. The molecule has 0 radical (unpaired) electrons. The fraction of sp³-hybridized carbons (Fsp3) is 0.621. The van der Waals surface area contributed by atoms with Gasteiger partial charge in [-0.25, -0.2) is 4.98 Å². The van der Waals surface area contributed by atoms with Gasteiger partial charge in [-0.3, -0.25) is 0 Å². The normalized spacial score (nSPS) is 18.8. The third-order valence-electron chi connectivity index (χ3n) is 8.05. The molecule has 1 aliphatic carbocycles. The molecule has 1 aliphatic heterocycles. The van der Waals surface area contributed by atoms with Gasteiger partial charge in [0.05, 0.1) is 23.3 Å². The van der Waals surface area contributed by atoms with Crippen molar-refractivity contribution in [2.75, 3.05) is 13.7 Å². The molecule has 4 nitrogen and oxygen atoms in total. The van der Waals surface area contributed by atoms with Gasteiger partial charge in [-0.15, -0.1) is 0 Å². The number of fused-ring (bicyclic) bond motifs is 2.